The fourth-order valence-electron chi connectivity index (χ4n) is 2.18. The molecule has 0 atom stereocenters. The van der Waals surface area contributed by atoms with E-state index in [1.165, 1.54) is 0 Å². The number of likely N-dealkylation sites (N-methyl/N-ethyl adjacent to an activating group) is 1. The molecule has 0 aliphatic rings. The van der Waals surface area contributed by atoms with Crippen LogP contribution >= 0.6 is 0 Å². The second-order valence-corrected chi connectivity index (χ2v) is 5.29. The predicted octanol–water partition coefficient (Wildman–Crippen LogP) is 1.60. The van der Waals surface area contributed by atoms with Crippen molar-refractivity contribution in [2.75, 3.05) is 40.3 Å². The number of benzene rings is 1. The number of carbonyl (C=O) groups excluding carboxylic acids is 1. The van der Waals surface area contributed by atoms with Crippen molar-refractivity contribution in [1.29, 1.82) is 0 Å². The zero-order chi connectivity index (χ0) is 15.0. The van der Waals surface area contributed by atoms with E-state index in [1.807, 2.05) is 43.3 Å². The molecule has 4 nitrogen and oxygen atoms in total. The summed E-state index contributed by atoms with van der Waals surface area (Å²) in [4.78, 5) is 16.7. The van der Waals surface area contributed by atoms with Crippen molar-refractivity contribution in [3.8, 4) is 0 Å². The molecule has 0 aromatic heterocycles. The maximum absolute atomic E-state index is 12.7. The van der Waals surface area contributed by atoms with Crippen molar-refractivity contribution in [2.24, 2.45) is 5.73 Å². The fraction of sp³-hybridized carbons (Fsp3) is 0.562. The number of nitrogens with two attached hydrogens (primary N) is 1. The molecule has 0 fully saturated rings. The van der Waals surface area contributed by atoms with Crippen molar-refractivity contribution in [1.82, 2.24) is 9.80 Å². The van der Waals surface area contributed by atoms with Gasteiger partial charge >= 0.3 is 0 Å². The maximum Gasteiger partial charge on any atom is 0.254 e. The Kier molecular flexibility index (Phi) is 7.26. The average molecular weight is 277 g/mol. The summed E-state index contributed by atoms with van der Waals surface area (Å²) in [6, 6.07) is 7.79. The molecule has 1 aromatic carbocycles. The third kappa shape index (κ3) is 4.94. The SMILES string of the molecule is CCCN(CCN(C)C)C(=O)c1ccccc1CCN. The molecule has 1 rings (SSSR count). The van der Waals surface area contributed by atoms with Crippen molar-refractivity contribution in [2.45, 2.75) is 19.8 Å². The predicted molar refractivity (Wildman–Crippen MR) is 83.9 cm³/mol. The Morgan fingerprint density at radius 1 is 1.15 bits per heavy atom. The van der Waals surface area contributed by atoms with Crippen molar-refractivity contribution in [3.05, 3.63) is 35.4 Å². The van der Waals surface area contributed by atoms with Gasteiger partial charge in [0.15, 0.2) is 0 Å². The molecule has 0 spiro atoms. The van der Waals surface area contributed by atoms with E-state index in [1.54, 1.807) is 0 Å². The Balaban J connectivity index is 2.87. The largest absolute Gasteiger partial charge is 0.337 e. The van der Waals surface area contributed by atoms with Gasteiger partial charge in [-0.3, -0.25) is 4.79 Å². The summed E-state index contributed by atoms with van der Waals surface area (Å²) in [5.41, 5.74) is 7.47. The molecule has 4 heteroatoms. The highest BCUT2D eigenvalue weighted by Gasteiger charge is 2.17. The lowest BCUT2D eigenvalue weighted by Crippen LogP contribution is -2.37. The summed E-state index contributed by atoms with van der Waals surface area (Å²) in [5.74, 6) is 0.123. The van der Waals surface area contributed by atoms with Gasteiger partial charge in [-0.25, -0.2) is 0 Å². The molecule has 0 saturated heterocycles. The monoisotopic (exact) mass is 277 g/mol. The molecule has 0 aliphatic heterocycles. The molecule has 0 heterocycles. The van der Waals surface area contributed by atoms with Gasteiger partial charge in [0.05, 0.1) is 0 Å². The van der Waals surface area contributed by atoms with Crippen LogP contribution in [0.3, 0.4) is 0 Å². The van der Waals surface area contributed by atoms with Crippen LogP contribution < -0.4 is 5.73 Å². The Morgan fingerprint density at radius 2 is 1.85 bits per heavy atom. The number of amides is 1. The second-order valence-electron chi connectivity index (χ2n) is 5.29. The topological polar surface area (TPSA) is 49.6 Å². The third-order valence-corrected chi connectivity index (χ3v) is 3.26. The van der Waals surface area contributed by atoms with Crippen LogP contribution in [0, 0.1) is 0 Å². The third-order valence-electron chi connectivity index (χ3n) is 3.26. The van der Waals surface area contributed by atoms with Gasteiger partial charge in [0.25, 0.3) is 5.91 Å². The molecule has 2 N–H and O–H groups in total. The number of nitrogens with zero attached hydrogens (tertiary/aromatic N) is 2. The van der Waals surface area contributed by atoms with Crippen molar-refractivity contribution < 1.29 is 4.79 Å². The van der Waals surface area contributed by atoms with E-state index in [-0.39, 0.29) is 5.91 Å². The van der Waals surface area contributed by atoms with E-state index in [4.69, 9.17) is 5.73 Å². The quantitative estimate of drug-likeness (QED) is 0.785. The van der Waals surface area contributed by atoms with Crippen LogP contribution in [-0.2, 0) is 6.42 Å². The molecular weight excluding hydrogens is 250 g/mol. The molecule has 0 radical (unpaired) electrons. The van der Waals surface area contributed by atoms with Gasteiger partial charge in [-0.15, -0.1) is 0 Å². The van der Waals surface area contributed by atoms with Gasteiger partial charge in [0, 0.05) is 25.2 Å². The lowest BCUT2D eigenvalue weighted by Gasteiger charge is -2.25. The Hall–Kier alpha value is -1.39. The van der Waals surface area contributed by atoms with E-state index in [9.17, 15) is 4.79 Å². The van der Waals surface area contributed by atoms with Crippen LogP contribution in [0.15, 0.2) is 24.3 Å². The van der Waals surface area contributed by atoms with Gasteiger partial charge in [0.2, 0.25) is 0 Å². The fourth-order valence-corrected chi connectivity index (χ4v) is 2.18. The van der Waals surface area contributed by atoms with Gasteiger partial charge in [-0.05, 0) is 45.1 Å². The van der Waals surface area contributed by atoms with Crippen LogP contribution in [0.1, 0.15) is 29.3 Å². The van der Waals surface area contributed by atoms with Gasteiger partial charge in [-0.1, -0.05) is 25.1 Å². The van der Waals surface area contributed by atoms with Gasteiger partial charge in [0.1, 0.15) is 0 Å². The molecule has 0 aliphatic carbocycles. The lowest BCUT2D eigenvalue weighted by atomic mass is 10.0. The second kappa shape index (κ2) is 8.72. The summed E-state index contributed by atoms with van der Waals surface area (Å²) in [6.07, 6.45) is 1.72. The zero-order valence-electron chi connectivity index (χ0n) is 12.9. The number of hydrogen-bond donors (Lipinski definition) is 1. The standard InChI is InChI=1S/C16H27N3O/c1-4-11-19(13-12-18(2)3)16(20)15-8-6-5-7-14(15)9-10-17/h5-8H,4,9-13,17H2,1-3H3. The first-order valence-corrected chi connectivity index (χ1v) is 7.32. The van der Waals surface area contributed by atoms with E-state index in [0.29, 0.717) is 6.54 Å². The van der Waals surface area contributed by atoms with E-state index >= 15 is 0 Å². The molecular formula is C16H27N3O. The van der Waals surface area contributed by atoms with Crippen LogP contribution in [-0.4, -0.2) is 56.0 Å². The molecule has 112 valence electrons. The first kappa shape index (κ1) is 16.7. The minimum absolute atomic E-state index is 0.123. The highest BCUT2D eigenvalue weighted by molar-refractivity contribution is 5.95. The van der Waals surface area contributed by atoms with Gasteiger partial charge < -0.3 is 15.5 Å². The summed E-state index contributed by atoms with van der Waals surface area (Å²) < 4.78 is 0. The normalized spacial score (nSPS) is 10.8. The van der Waals surface area contributed by atoms with Crippen molar-refractivity contribution >= 4 is 5.91 Å². The minimum Gasteiger partial charge on any atom is -0.337 e. The van der Waals surface area contributed by atoms with E-state index in [0.717, 1.165) is 43.6 Å². The first-order chi connectivity index (χ1) is 9.60. The molecule has 1 amide bonds. The number of carbonyl (C=O) groups is 1. The van der Waals surface area contributed by atoms with Crippen LogP contribution in [0.2, 0.25) is 0 Å². The minimum atomic E-state index is 0.123. The Labute approximate surface area is 122 Å². The van der Waals surface area contributed by atoms with Crippen LogP contribution in [0.4, 0.5) is 0 Å². The Bertz CT molecular complexity index is 418. The molecule has 0 saturated carbocycles. The maximum atomic E-state index is 12.7. The average Bonchev–Trinajstić information content (AvgIpc) is 2.43. The highest BCUT2D eigenvalue weighted by atomic mass is 16.2. The smallest absolute Gasteiger partial charge is 0.254 e. The van der Waals surface area contributed by atoms with E-state index in [2.05, 4.69) is 11.8 Å². The molecule has 20 heavy (non-hydrogen) atoms. The summed E-state index contributed by atoms with van der Waals surface area (Å²) in [6.45, 7) is 5.10. The van der Waals surface area contributed by atoms with Crippen molar-refractivity contribution in [3.63, 3.8) is 0 Å². The summed E-state index contributed by atoms with van der Waals surface area (Å²) >= 11 is 0. The zero-order valence-corrected chi connectivity index (χ0v) is 12.9. The highest BCUT2D eigenvalue weighted by Crippen LogP contribution is 2.13. The number of hydrogen-bond acceptors (Lipinski definition) is 3. The Morgan fingerprint density at radius 3 is 2.45 bits per heavy atom. The van der Waals surface area contributed by atoms with Crippen LogP contribution in [0.25, 0.3) is 0 Å². The number of rotatable bonds is 8. The molecule has 0 bridgehead atoms. The summed E-state index contributed by atoms with van der Waals surface area (Å²) in [5, 5.41) is 0. The molecule has 0 unspecified atom stereocenters. The lowest BCUT2D eigenvalue weighted by molar-refractivity contribution is 0.0744. The van der Waals surface area contributed by atoms with E-state index < -0.39 is 0 Å². The first-order valence-electron chi connectivity index (χ1n) is 7.32. The summed E-state index contributed by atoms with van der Waals surface area (Å²) in [7, 11) is 4.05. The van der Waals surface area contributed by atoms with Gasteiger partial charge in [-0.2, -0.15) is 0 Å². The van der Waals surface area contributed by atoms with Crippen LogP contribution in [0.5, 0.6) is 0 Å². The molecule has 1 aromatic rings.